The van der Waals surface area contributed by atoms with Gasteiger partial charge in [-0.25, -0.2) is 0 Å². The second-order valence-electron chi connectivity index (χ2n) is 2.53. The zero-order valence-corrected chi connectivity index (χ0v) is 9.03. The molecular weight excluding hydrogens is 195 g/mol. The van der Waals surface area contributed by atoms with Gasteiger partial charge in [-0.1, -0.05) is 0 Å². The lowest BCUT2D eigenvalue weighted by atomic mass is 10.4. The molecule has 0 rings (SSSR count). The summed E-state index contributed by atoms with van der Waals surface area (Å²) in [5.74, 6) is -1.48. The Morgan fingerprint density at radius 2 is 1.62 bits per heavy atom. The van der Waals surface area contributed by atoms with Crippen molar-refractivity contribution in [2.24, 2.45) is 0 Å². The Labute approximate surface area is 78.2 Å². The molecule has 0 heterocycles. The van der Waals surface area contributed by atoms with E-state index in [2.05, 4.69) is 0 Å². The van der Waals surface area contributed by atoms with E-state index in [1.54, 1.807) is 13.8 Å². The van der Waals surface area contributed by atoms with E-state index in [0.717, 1.165) is 0 Å². The largest absolute Gasteiger partial charge is 0.390 e. The molecule has 0 aliphatic heterocycles. The van der Waals surface area contributed by atoms with Crippen LogP contribution in [0.3, 0.4) is 0 Å². The van der Waals surface area contributed by atoms with Crippen LogP contribution in [0.15, 0.2) is 0 Å². The third-order valence-electron chi connectivity index (χ3n) is 1.37. The zero-order valence-electron chi connectivity index (χ0n) is 8.14. The molecule has 0 fully saturated rings. The lowest BCUT2D eigenvalue weighted by Crippen LogP contribution is -2.24. The highest BCUT2D eigenvalue weighted by Gasteiger charge is 2.37. The fourth-order valence-electron chi connectivity index (χ4n) is 0.814. The van der Waals surface area contributed by atoms with Crippen molar-refractivity contribution in [1.29, 1.82) is 0 Å². The Morgan fingerprint density at radius 1 is 1.23 bits per heavy atom. The highest BCUT2D eigenvalue weighted by Crippen LogP contribution is 2.52. The Hall–Kier alpha value is 0.0700. The van der Waals surface area contributed by atoms with Crippen molar-refractivity contribution in [3.05, 3.63) is 0 Å². The van der Waals surface area contributed by atoms with Gasteiger partial charge in [-0.15, -0.1) is 0 Å². The van der Waals surface area contributed by atoms with Crippen molar-refractivity contribution < 1.29 is 23.8 Å². The van der Waals surface area contributed by atoms with E-state index >= 15 is 0 Å². The SMILES string of the molecule is CCOP(=O)(OCC)[C@@H](O)[C@H](C)O. The molecular formula is C7H17O5P. The van der Waals surface area contributed by atoms with E-state index in [9.17, 15) is 9.67 Å². The molecule has 0 aromatic carbocycles. The van der Waals surface area contributed by atoms with Crippen molar-refractivity contribution >= 4 is 7.60 Å². The molecule has 5 nitrogen and oxygen atoms in total. The summed E-state index contributed by atoms with van der Waals surface area (Å²) in [4.78, 5) is 0. The number of aliphatic hydroxyl groups is 2. The quantitative estimate of drug-likeness (QED) is 0.641. The molecule has 0 saturated carbocycles. The molecule has 6 heteroatoms. The highest BCUT2D eigenvalue weighted by molar-refractivity contribution is 7.54. The number of aliphatic hydroxyl groups excluding tert-OH is 2. The van der Waals surface area contributed by atoms with Crippen molar-refractivity contribution in [3.63, 3.8) is 0 Å². The number of rotatable bonds is 6. The Balaban J connectivity index is 4.47. The summed E-state index contributed by atoms with van der Waals surface area (Å²) in [6.45, 7) is 4.94. The predicted octanol–water partition coefficient (Wildman–Crippen LogP) is 0.952. The maximum atomic E-state index is 11.7. The Kier molecular flexibility index (Phi) is 5.76. The van der Waals surface area contributed by atoms with Gasteiger partial charge in [0.1, 0.15) is 0 Å². The van der Waals surface area contributed by atoms with Gasteiger partial charge in [-0.3, -0.25) is 4.57 Å². The molecule has 0 radical (unpaired) electrons. The minimum Gasteiger partial charge on any atom is -0.390 e. The summed E-state index contributed by atoms with van der Waals surface area (Å²) < 4.78 is 21.3. The van der Waals surface area contributed by atoms with E-state index in [4.69, 9.17) is 14.2 Å². The molecule has 13 heavy (non-hydrogen) atoms. The van der Waals surface area contributed by atoms with E-state index in [1.807, 2.05) is 0 Å². The highest BCUT2D eigenvalue weighted by atomic mass is 31.2. The first-order valence-corrected chi connectivity index (χ1v) is 5.84. The van der Waals surface area contributed by atoms with Crippen LogP contribution >= 0.6 is 7.60 Å². The van der Waals surface area contributed by atoms with Gasteiger partial charge < -0.3 is 19.3 Å². The molecule has 0 aromatic rings. The monoisotopic (exact) mass is 212 g/mol. The maximum Gasteiger partial charge on any atom is 0.361 e. The molecule has 2 atom stereocenters. The molecule has 0 amide bonds. The molecule has 0 bridgehead atoms. The van der Waals surface area contributed by atoms with Crippen LogP contribution in [0.2, 0.25) is 0 Å². The Bertz CT molecular complexity index is 172. The van der Waals surface area contributed by atoms with Gasteiger partial charge in [0, 0.05) is 0 Å². The van der Waals surface area contributed by atoms with E-state index in [1.165, 1.54) is 6.92 Å². The van der Waals surface area contributed by atoms with Gasteiger partial charge in [0.15, 0.2) is 5.85 Å². The van der Waals surface area contributed by atoms with Crippen molar-refractivity contribution in [2.45, 2.75) is 32.7 Å². The van der Waals surface area contributed by atoms with Crippen LogP contribution in [0, 0.1) is 0 Å². The molecule has 80 valence electrons. The summed E-state index contributed by atoms with van der Waals surface area (Å²) in [5, 5.41) is 18.4. The molecule has 0 aromatic heterocycles. The van der Waals surface area contributed by atoms with Gasteiger partial charge >= 0.3 is 7.60 Å². The van der Waals surface area contributed by atoms with Crippen LogP contribution in [0.4, 0.5) is 0 Å². The summed E-state index contributed by atoms with van der Waals surface area (Å²) in [7, 11) is -3.56. The minimum absolute atomic E-state index is 0.168. The van der Waals surface area contributed by atoms with Gasteiger partial charge in [0.05, 0.1) is 19.3 Å². The summed E-state index contributed by atoms with van der Waals surface area (Å²) in [6.07, 6.45) is -1.14. The fourth-order valence-corrected chi connectivity index (χ4v) is 2.44. The van der Waals surface area contributed by atoms with Gasteiger partial charge in [0.25, 0.3) is 0 Å². The van der Waals surface area contributed by atoms with Gasteiger partial charge in [0.2, 0.25) is 0 Å². The van der Waals surface area contributed by atoms with Crippen LogP contribution in [0.5, 0.6) is 0 Å². The van der Waals surface area contributed by atoms with E-state index < -0.39 is 19.5 Å². The second kappa shape index (κ2) is 5.73. The third kappa shape index (κ3) is 3.75. The lowest BCUT2D eigenvalue weighted by Gasteiger charge is -2.23. The topological polar surface area (TPSA) is 76.0 Å². The molecule has 0 unspecified atom stereocenters. The standard InChI is InChI=1S/C7H17O5P/c1-4-11-13(10,12-5-2)7(9)6(3)8/h6-9H,4-5H2,1-3H3/t6-,7+/m0/s1. The predicted molar refractivity (Wildman–Crippen MR) is 48.5 cm³/mol. The molecule has 0 aliphatic carbocycles. The average Bonchev–Trinajstić information content (AvgIpc) is 2.03. The van der Waals surface area contributed by atoms with Crippen LogP contribution in [-0.4, -0.2) is 35.4 Å². The van der Waals surface area contributed by atoms with Gasteiger partial charge in [-0.2, -0.15) is 0 Å². The van der Waals surface area contributed by atoms with Crippen molar-refractivity contribution in [1.82, 2.24) is 0 Å². The normalized spacial score (nSPS) is 17.0. The second-order valence-corrected chi connectivity index (χ2v) is 4.65. The number of hydrogen-bond acceptors (Lipinski definition) is 5. The molecule has 0 saturated heterocycles. The molecule has 0 aliphatic rings. The first kappa shape index (κ1) is 13.1. The van der Waals surface area contributed by atoms with Crippen molar-refractivity contribution in [3.8, 4) is 0 Å². The summed E-state index contributed by atoms with van der Waals surface area (Å²) in [6, 6.07) is 0. The smallest absolute Gasteiger partial charge is 0.361 e. The lowest BCUT2D eigenvalue weighted by molar-refractivity contribution is 0.0516. The zero-order chi connectivity index (χ0) is 10.5. The van der Waals surface area contributed by atoms with Gasteiger partial charge in [-0.05, 0) is 20.8 Å². The first-order valence-electron chi connectivity index (χ1n) is 4.22. The maximum absolute atomic E-state index is 11.7. The summed E-state index contributed by atoms with van der Waals surface area (Å²) >= 11 is 0. The first-order chi connectivity index (χ1) is 5.98. The van der Waals surface area contributed by atoms with Crippen LogP contribution in [0.25, 0.3) is 0 Å². The third-order valence-corrected chi connectivity index (χ3v) is 3.69. The molecule has 2 N–H and O–H groups in total. The van der Waals surface area contributed by atoms with Crippen molar-refractivity contribution in [2.75, 3.05) is 13.2 Å². The minimum atomic E-state index is -3.56. The number of hydrogen-bond donors (Lipinski definition) is 2. The molecule has 0 spiro atoms. The fraction of sp³-hybridized carbons (Fsp3) is 1.00. The average molecular weight is 212 g/mol. The summed E-state index contributed by atoms with van der Waals surface area (Å²) in [5.41, 5.74) is 0. The van der Waals surface area contributed by atoms with Crippen LogP contribution in [0.1, 0.15) is 20.8 Å². The van der Waals surface area contributed by atoms with E-state index in [-0.39, 0.29) is 13.2 Å². The van der Waals surface area contributed by atoms with Crippen LogP contribution < -0.4 is 0 Å². The van der Waals surface area contributed by atoms with Crippen LogP contribution in [-0.2, 0) is 13.6 Å². The Morgan fingerprint density at radius 3 is 1.85 bits per heavy atom. The van der Waals surface area contributed by atoms with E-state index in [0.29, 0.717) is 0 Å².